The van der Waals surface area contributed by atoms with Gasteiger partial charge in [-0.25, -0.2) is 17.4 Å². The van der Waals surface area contributed by atoms with Gasteiger partial charge in [-0.15, -0.1) is 0 Å². The Morgan fingerprint density at radius 3 is 2.74 bits per heavy atom. The van der Waals surface area contributed by atoms with Crippen molar-refractivity contribution in [1.29, 1.82) is 0 Å². The molecule has 100 valence electrons. The van der Waals surface area contributed by atoms with E-state index in [0.717, 1.165) is 5.56 Å². The maximum atomic E-state index is 12.7. The minimum absolute atomic E-state index is 0.344. The van der Waals surface area contributed by atoms with E-state index in [1.54, 1.807) is 36.0 Å². The molecule has 3 rings (SSSR count). The van der Waals surface area contributed by atoms with Gasteiger partial charge in [0, 0.05) is 0 Å². The van der Waals surface area contributed by atoms with E-state index in [1.807, 2.05) is 6.07 Å². The third kappa shape index (κ3) is 1.88. The van der Waals surface area contributed by atoms with E-state index in [-0.39, 0.29) is 0 Å². The van der Waals surface area contributed by atoms with Crippen molar-refractivity contribution in [2.75, 3.05) is 10.8 Å². The summed E-state index contributed by atoms with van der Waals surface area (Å²) < 4.78 is 29.3. The molecule has 1 aliphatic heterocycles. The van der Waals surface area contributed by atoms with Crippen molar-refractivity contribution in [2.45, 2.75) is 18.4 Å². The van der Waals surface area contributed by atoms with E-state index < -0.39 is 10.0 Å². The molecule has 1 aliphatic rings. The average molecular weight is 342 g/mol. The van der Waals surface area contributed by atoms with Gasteiger partial charge >= 0.3 is 0 Å². The second-order valence-corrected chi connectivity index (χ2v) is 7.07. The van der Waals surface area contributed by atoms with Crippen LogP contribution in [-0.4, -0.2) is 24.7 Å². The van der Waals surface area contributed by atoms with Crippen molar-refractivity contribution >= 4 is 31.8 Å². The summed E-state index contributed by atoms with van der Waals surface area (Å²) in [5.74, 6) is 0.600. The Hall–Kier alpha value is -1.34. The van der Waals surface area contributed by atoms with Gasteiger partial charge in [0.2, 0.25) is 0 Å². The molecule has 5 nitrogen and oxygen atoms in total. The number of sulfonamides is 1. The highest BCUT2D eigenvalue weighted by atomic mass is 79.9. The van der Waals surface area contributed by atoms with E-state index in [9.17, 15) is 8.42 Å². The minimum atomic E-state index is -3.53. The first-order chi connectivity index (χ1) is 9.01. The van der Waals surface area contributed by atoms with Crippen molar-refractivity contribution in [3.63, 3.8) is 0 Å². The molecule has 19 heavy (non-hydrogen) atoms. The fourth-order valence-corrected chi connectivity index (χ4v) is 4.59. The van der Waals surface area contributed by atoms with E-state index in [2.05, 4.69) is 21.0 Å². The van der Waals surface area contributed by atoms with Crippen molar-refractivity contribution in [1.82, 2.24) is 9.78 Å². The standard InChI is InChI=1S/C12H12BrN3O2S/c1-9-4-2-3-5-11(9)19(17,18)16-7-6-15-12(16)10(13)8-14-15/h2-5,8H,6-7H2,1H3. The average Bonchev–Trinajstić information content (AvgIpc) is 2.93. The predicted molar refractivity (Wildman–Crippen MR) is 75.6 cm³/mol. The number of benzene rings is 1. The van der Waals surface area contributed by atoms with Gasteiger partial charge in [0.15, 0.2) is 5.82 Å². The van der Waals surface area contributed by atoms with Crippen molar-refractivity contribution in [2.24, 2.45) is 0 Å². The molecule has 2 heterocycles. The van der Waals surface area contributed by atoms with Crippen LogP contribution in [0, 0.1) is 6.92 Å². The third-order valence-corrected chi connectivity index (χ3v) is 5.69. The van der Waals surface area contributed by atoms with E-state index in [1.165, 1.54) is 4.31 Å². The first-order valence-electron chi connectivity index (χ1n) is 5.81. The lowest BCUT2D eigenvalue weighted by Crippen LogP contribution is -2.29. The maximum Gasteiger partial charge on any atom is 0.265 e. The number of nitrogens with zero attached hydrogens (tertiary/aromatic N) is 3. The summed E-state index contributed by atoms with van der Waals surface area (Å²) in [5.41, 5.74) is 0.747. The summed E-state index contributed by atoms with van der Waals surface area (Å²) in [6.07, 6.45) is 1.62. The molecular weight excluding hydrogens is 330 g/mol. The molecule has 0 spiro atoms. The van der Waals surface area contributed by atoms with Gasteiger partial charge in [0.1, 0.15) is 0 Å². The van der Waals surface area contributed by atoms with Crippen LogP contribution in [0.1, 0.15) is 5.56 Å². The summed E-state index contributed by atoms with van der Waals surface area (Å²) in [6.45, 7) is 2.79. The molecule has 0 bridgehead atoms. The molecule has 0 N–H and O–H groups in total. The van der Waals surface area contributed by atoms with Gasteiger partial charge < -0.3 is 0 Å². The van der Waals surface area contributed by atoms with Gasteiger partial charge in [0.05, 0.1) is 28.7 Å². The normalized spacial score (nSPS) is 14.7. The van der Waals surface area contributed by atoms with Crippen molar-refractivity contribution in [3.05, 3.63) is 40.5 Å². The SMILES string of the molecule is Cc1ccccc1S(=O)(=O)N1CCn2ncc(Br)c21. The predicted octanol–water partition coefficient (Wildman–Crippen LogP) is 2.16. The van der Waals surface area contributed by atoms with Crippen LogP contribution in [0.5, 0.6) is 0 Å². The molecule has 0 atom stereocenters. The van der Waals surface area contributed by atoms with Crippen molar-refractivity contribution < 1.29 is 8.42 Å². The summed E-state index contributed by atoms with van der Waals surface area (Å²) >= 11 is 3.35. The van der Waals surface area contributed by atoms with Crippen LogP contribution >= 0.6 is 15.9 Å². The first-order valence-corrected chi connectivity index (χ1v) is 8.05. The Morgan fingerprint density at radius 2 is 2.00 bits per heavy atom. The molecule has 1 aromatic carbocycles. The number of hydrogen-bond acceptors (Lipinski definition) is 3. The third-order valence-electron chi connectivity index (χ3n) is 3.18. The van der Waals surface area contributed by atoms with Crippen LogP contribution in [-0.2, 0) is 16.6 Å². The topological polar surface area (TPSA) is 55.2 Å². The summed E-state index contributed by atoms with van der Waals surface area (Å²) in [4.78, 5) is 0.344. The zero-order chi connectivity index (χ0) is 13.6. The zero-order valence-electron chi connectivity index (χ0n) is 10.2. The minimum Gasteiger partial charge on any atom is -0.247 e. The van der Waals surface area contributed by atoms with E-state index in [4.69, 9.17) is 0 Å². The van der Waals surface area contributed by atoms with Crippen LogP contribution in [0.4, 0.5) is 5.82 Å². The van der Waals surface area contributed by atoms with Crippen LogP contribution in [0.25, 0.3) is 0 Å². The largest absolute Gasteiger partial charge is 0.265 e. The fraction of sp³-hybridized carbons (Fsp3) is 0.250. The highest BCUT2D eigenvalue weighted by molar-refractivity contribution is 9.10. The number of halogens is 1. The Labute approximate surface area is 120 Å². The summed E-state index contributed by atoms with van der Waals surface area (Å²) in [5, 5.41) is 4.14. The van der Waals surface area contributed by atoms with Gasteiger partial charge in [-0.05, 0) is 34.5 Å². The highest BCUT2D eigenvalue weighted by Gasteiger charge is 2.34. The number of hydrogen-bond donors (Lipinski definition) is 0. The molecule has 0 saturated heterocycles. The fourth-order valence-electron chi connectivity index (χ4n) is 2.26. The molecule has 0 aliphatic carbocycles. The maximum absolute atomic E-state index is 12.7. The smallest absolute Gasteiger partial charge is 0.247 e. The van der Waals surface area contributed by atoms with Crippen LogP contribution in [0.3, 0.4) is 0 Å². The van der Waals surface area contributed by atoms with Crippen molar-refractivity contribution in [3.8, 4) is 0 Å². The van der Waals surface area contributed by atoms with Gasteiger partial charge in [-0.2, -0.15) is 5.10 Å². The van der Waals surface area contributed by atoms with Gasteiger partial charge in [-0.1, -0.05) is 18.2 Å². The Kier molecular flexibility index (Phi) is 2.90. The Balaban J connectivity index is 2.13. The number of aryl methyl sites for hydroxylation is 1. The molecule has 1 aromatic heterocycles. The number of anilines is 1. The van der Waals surface area contributed by atoms with Crippen LogP contribution in [0.2, 0.25) is 0 Å². The first kappa shape index (κ1) is 12.7. The molecular formula is C12H12BrN3O2S. The highest BCUT2D eigenvalue weighted by Crippen LogP contribution is 2.34. The Morgan fingerprint density at radius 1 is 1.26 bits per heavy atom. The van der Waals surface area contributed by atoms with E-state index in [0.29, 0.717) is 28.3 Å². The lowest BCUT2D eigenvalue weighted by Gasteiger charge is -2.19. The van der Waals surface area contributed by atoms with Gasteiger partial charge in [-0.3, -0.25) is 0 Å². The Bertz CT molecular complexity index is 739. The lowest BCUT2D eigenvalue weighted by molar-refractivity contribution is 0.591. The molecule has 0 radical (unpaired) electrons. The summed E-state index contributed by atoms with van der Waals surface area (Å²) in [7, 11) is -3.53. The van der Waals surface area contributed by atoms with Crippen LogP contribution in [0.15, 0.2) is 39.8 Å². The molecule has 2 aromatic rings. The van der Waals surface area contributed by atoms with Crippen LogP contribution < -0.4 is 4.31 Å². The van der Waals surface area contributed by atoms with Gasteiger partial charge in [0.25, 0.3) is 10.0 Å². The molecule has 0 saturated carbocycles. The second kappa shape index (κ2) is 4.35. The molecule has 0 amide bonds. The molecule has 7 heteroatoms. The number of rotatable bonds is 2. The van der Waals surface area contributed by atoms with E-state index >= 15 is 0 Å². The number of fused-ring (bicyclic) bond motifs is 1. The second-order valence-electron chi connectivity index (χ2n) is 4.38. The monoisotopic (exact) mass is 341 g/mol. The molecule has 0 unspecified atom stereocenters. The zero-order valence-corrected chi connectivity index (χ0v) is 12.6. The quantitative estimate of drug-likeness (QED) is 0.841. The molecule has 0 fully saturated rings. The number of aromatic nitrogens is 2. The summed E-state index contributed by atoms with van der Waals surface area (Å²) in [6, 6.07) is 7.01. The lowest BCUT2D eigenvalue weighted by atomic mass is 10.2.